The van der Waals surface area contributed by atoms with Crippen molar-refractivity contribution in [3.8, 4) is 5.88 Å². The molecule has 2 aromatic rings. The zero-order valence-corrected chi connectivity index (χ0v) is 15.6. The Kier molecular flexibility index (Phi) is 5.68. The number of hydrogen-bond donors (Lipinski definition) is 2. The average molecular weight is 374 g/mol. The van der Waals surface area contributed by atoms with Crippen molar-refractivity contribution >= 4 is 23.0 Å². The van der Waals surface area contributed by atoms with Gasteiger partial charge in [-0.25, -0.2) is 4.98 Å². The predicted molar refractivity (Wildman–Crippen MR) is 98.4 cm³/mol. The lowest BCUT2D eigenvalue weighted by Crippen LogP contribution is -2.41. The Morgan fingerprint density at radius 1 is 1.42 bits per heavy atom. The number of thiophene rings is 1. The number of hydrogen-bond acceptors (Lipinski definition) is 6. The molecule has 0 aliphatic heterocycles. The van der Waals surface area contributed by atoms with Crippen molar-refractivity contribution in [3.05, 3.63) is 45.8 Å². The number of nitrogens with zero attached hydrogens (tertiary/aromatic N) is 1. The molecule has 0 saturated heterocycles. The average Bonchev–Trinajstić information content (AvgIpc) is 3.06. The van der Waals surface area contributed by atoms with Gasteiger partial charge in [0.2, 0.25) is 11.8 Å². The van der Waals surface area contributed by atoms with Crippen LogP contribution in [0.2, 0.25) is 0 Å². The fraction of sp³-hybridized carbons (Fsp3) is 0.421. The normalized spacial score (nSPS) is 20.1. The van der Waals surface area contributed by atoms with Crippen LogP contribution in [-0.2, 0) is 11.2 Å². The SMILES string of the molecule is COc1ccc([C@@H](NC(=O)Cc2csc(C(C)=O)c2)C2CC(O)C2)cn1. The van der Waals surface area contributed by atoms with Crippen molar-refractivity contribution in [3.63, 3.8) is 0 Å². The zero-order chi connectivity index (χ0) is 18.7. The van der Waals surface area contributed by atoms with Crippen molar-refractivity contribution < 1.29 is 19.4 Å². The first-order valence-electron chi connectivity index (χ1n) is 8.52. The maximum Gasteiger partial charge on any atom is 0.224 e. The summed E-state index contributed by atoms with van der Waals surface area (Å²) in [7, 11) is 1.56. The van der Waals surface area contributed by atoms with E-state index < -0.39 is 0 Å². The number of pyridine rings is 1. The molecule has 2 N–H and O–H groups in total. The Hall–Kier alpha value is -2.25. The number of ketones is 1. The molecule has 1 aliphatic carbocycles. The van der Waals surface area contributed by atoms with Crippen LogP contribution < -0.4 is 10.1 Å². The van der Waals surface area contributed by atoms with E-state index in [9.17, 15) is 14.7 Å². The number of aliphatic hydroxyl groups excluding tert-OH is 1. The number of ether oxygens (including phenoxy) is 1. The molecular formula is C19H22N2O4S. The number of aliphatic hydroxyl groups is 1. The summed E-state index contributed by atoms with van der Waals surface area (Å²) in [6.07, 6.45) is 2.93. The highest BCUT2D eigenvalue weighted by molar-refractivity contribution is 7.12. The van der Waals surface area contributed by atoms with Crippen LogP contribution >= 0.6 is 11.3 Å². The summed E-state index contributed by atoms with van der Waals surface area (Å²) < 4.78 is 5.08. The molecule has 1 atom stereocenters. The topological polar surface area (TPSA) is 88.5 Å². The van der Waals surface area contributed by atoms with Gasteiger partial charge in [-0.15, -0.1) is 11.3 Å². The van der Waals surface area contributed by atoms with Crippen molar-refractivity contribution in [2.45, 2.75) is 38.3 Å². The standard InChI is InChI=1S/C19H22N2O4S/c1-11(22)16-5-12(10-26-16)6-17(24)21-19(14-7-15(23)8-14)13-3-4-18(25-2)20-9-13/h3-5,9-10,14-15,19,23H,6-8H2,1-2H3,(H,21,24)/t14?,15?,19-/m1/s1. The molecule has 2 aromatic heterocycles. The second-order valence-corrected chi connectivity index (χ2v) is 7.53. The predicted octanol–water partition coefficient (Wildman–Crippen LogP) is 2.53. The smallest absolute Gasteiger partial charge is 0.224 e. The lowest BCUT2D eigenvalue weighted by molar-refractivity contribution is -0.122. The second-order valence-electron chi connectivity index (χ2n) is 6.62. The Bertz CT molecular complexity index is 781. The lowest BCUT2D eigenvalue weighted by atomic mass is 9.75. The minimum absolute atomic E-state index is 0.00676. The quantitative estimate of drug-likeness (QED) is 0.727. The first kappa shape index (κ1) is 18.5. The van der Waals surface area contributed by atoms with E-state index in [0.717, 1.165) is 11.1 Å². The Morgan fingerprint density at radius 3 is 2.73 bits per heavy atom. The molecule has 6 nitrogen and oxygen atoms in total. The molecule has 1 fully saturated rings. The third-order valence-electron chi connectivity index (χ3n) is 4.63. The van der Waals surface area contributed by atoms with Gasteiger partial charge in [0.25, 0.3) is 0 Å². The van der Waals surface area contributed by atoms with Gasteiger partial charge in [-0.1, -0.05) is 6.07 Å². The van der Waals surface area contributed by atoms with E-state index in [4.69, 9.17) is 4.74 Å². The third-order valence-corrected chi connectivity index (χ3v) is 5.71. The number of aromatic nitrogens is 1. The van der Waals surface area contributed by atoms with Crippen molar-refractivity contribution in [2.75, 3.05) is 7.11 Å². The van der Waals surface area contributed by atoms with Gasteiger partial charge in [0.1, 0.15) is 0 Å². The summed E-state index contributed by atoms with van der Waals surface area (Å²) in [4.78, 5) is 28.8. The van der Waals surface area contributed by atoms with Crippen molar-refractivity contribution in [2.24, 2.45) is 5.92 Å². The van der Waals surface area contributed by atoms with Gasteiger partial charge in [-0.2, -0.15) is 0 Å². The maximum absolute atomic E-state index is 12.5. The first-order valence-corrected chi connectivity index (χ1v) is 9.40. The van der Waals surface area contributed by atoms with Crippen LogP contribution in [0.15, 0.2) is 29.8 Å². The Balaban J connectivity index is 1.69. The molecule has 0 radical (unpaired) electrons. The summed E-state index contributed by atoms with van der Waals surface area (Å²) >= 11 is 1.35. The van der Waals surface area contributed by atoms with Gasteiger partial charge in [-0.05, 0) is 48.3 Å². The van der Waals surface area contributed by atoms with Crippen LogP contribution in [0.3, 0.4) is 0 Å². The molecule has 0 bridgehead atoms. The number of methoxy groups -OCH3 is 1. The van der Waals surface area contributed by atoms with Crippen molar-refractivity contribution in [1.82, 2.24) is 10.3 Å². The molecule has 7 heteroatoms. The Labute approximate surface area is 156 Å². The van der Waals surface area contributed by atoms with E-state index in [-0.39, 0.29) is 36.2 Å². The summed E-state index contributed by atoms with van der Waals surface area (Å²) in [5.74, 6) is 0.592. The van der Waals surface area contributed by atoms with Crippen LogP contribution in [0.1, 0.15) is 46.6 Å². The first-order chi connectivity index (χ1) is 12.5. The maximum atomic E-state index is 12.5. The summed E-state index contributed by atoms with van der Waals surface area (Å²) in [6.45, 7) is 1.52. The summed E-state index contributed by atoms with van der Waals surface area (Å²) in [5, 5.41) is 14.6. The molecule has 1 amide bonds. The summed E-state index contributed by atoms with van der Waals surface area (Å²) in [6, 6.07) is 5.22. The number of nitrogens with one attached hydrogen (secondary N) is 1. The van der Waals surface area contributed by atoms with E-state index in [1.807, 2.05) is 11.4 Å². The molecule has 0 unspecified atom stereocenters. The number of carbonyl (C=O) groups is 2. The highest BCUT2D eigenvalue weighted by Crippen LogP contribution is 2.38. The molecule has 1 aliphatic rings. The summed E-state index contributed by atoms with van der Waals surface area (Å²) in [5.41, 5.74) is 1.73. The molecule has 26 heavy (non-hydrogen) atoms. The van der Waals surface area contributed by atoms with Crippen LogP contribution in [0.25, 0.3) is 0 Å². The number of carbonyl (C=O) groups excluding carboxylic acids is 2. The number of amides is 1. The Morgan fingerprint density at radius 2 is 2.19 bits per heavy atom. The number of Topliss-reactive ketones (excluding diaryl/α,β-unsaturated/α-hetero) is 1. The van der Waals surface area contributed by atoms with Gasteiger partial charge in [0.15, 0.2) is 5.78 Å². The zero-order valence-electron chi connectivity index (χ0n) is 14.8. The number of rotatable bonds is 7. The van der Waals surface area contributed by atoms with E-state index >= 15 is 0 Å². The molecule has 3 rings (SSSR count). The van der Waals surface area contributed by atoms with Crippen LogP contribution in [0, 0.1) is 5.92 Å². The molecule has 1 saturated carbocycles. The highest BCUT2D eigenvalue weighted by Gasteiger charge is 2.35. The van der Waals surface area contributed by atoms with Gasteiger partial charge in [0, 0.05) is 12.3 Å². The monoisotopic (exact) mass is 374 g/mol. The van der Waals surface area contributed by atoms with Gasteiger partial charge in [0.05, 0.1) is 30.6 Å². The molecule has 0 aromatic carbocycles. The van der Waals surface area contributed by atoms with Crippen LogP contribution in [0.5, 0.6) is 5.88 Å². The van der Waals surface area contributed by atoms with E-state index in [1.54, 1.807) is 25.4 Å². The van der Waals surface area contributed by atoms with Crippen LogP contribution in [-0.4, -0.2) is 35.0 Å². The van der Waals surface area contributed by atoms with E-state index in [0.29, 0.717) is 23.6 Å². The molecule has 0 spiro atoms. The second kappa shape index (κ2) is 7.97. The fourth-order valence-corrected chi connectivity index (χ4v) is 3.95. The largest absolute Gasteiger partial charge is 0.481 e. The molecule has 2 heterocycles. The van der Waals surface area contributed by atoms with Gasteiger partial charge < -0.3 is 15.2 Å². The van der Waals surface area contributed by atoms with E-state index in [2.05, 4.69) is 10.3 Å². The highest BCUT2D eigenvalue weighted by atomic mass is 32.1. The van der Waals surface area contributed by atoms with Gasteiger partial charge in [-0.3, -0.25) is 9.59 Å². The third kappa shape index (κ3) is 4.28. The molecule has 138 valence electrons. The minimum Gasteiger partial charge on any atom is -0.481 e. The van der Waals surface area contributed by atoms with E-state index in [1.165, 1.54) is 18.3 Å². The lowest BCUT2D eigenvalue weighted by Gasteiger charge is -2.38. The van der Waals surface area contributed by atoms with Gasteiger partial charge >= 0.3 is 0 Å². The van der Waals surface area contributed by atoms with Crippen LogP contribution in [0.4, 0.5) is 0 Å². The molecular weight excluding hydrogens is 352 g/mol. The van der Waals surface area contributed by atoms with Crippen molar-refractivity contribution in [1.29, 1.82) is 0 Å². The minimum atomic E-state index is -0.305. The fourth-order valence-electron chi connectivity index (χ4n) is 3.13.